The van der Waals surface area contributed by atoms with Gasteiger partial charge in [-0.05, 0) is 0 Å². The third kappa shape index (κ3) is 87.1. The minimum Gasteiger partial charge on any atom is -1.00 e. The zero-order valence-electron chi connectivity index (χ0n) is 5.50. The summed E-state index contributed by atoms with van der Waals surface area (Å²) in [5, 5.41) is 0. The van der Waals surface area contributed by atoms with Crippen LogP contribution in [-0.4, -0.2) is 4.89 Å². The minimum atomic E-state index is -5.14. The van der Waals surface area contributed by atoms with Gasteiger partial charge in [-0.25, -0.2) is 0 Å². The Balaban J connectivity index is -0.0000000133. The molecular weight excluding hydrogens is 199 g/mol. The first-order chi connectivity index (χ1) is 2.00. The van der Waals surface area contributed by atoms with Gasteiger partial charge in [0, 0.05) is 0 Å². The van der Waals surface area contributed by atoms with E-state index in [-0.39, 0.29) is 101 Å². The summed E-state index contributed by atoms with van der Waals surface area (Å²) in [6.45, 7) is 0. The maximum Gasteiger partial charge on any atom is 1.00 e. The maximum absolute atomic E-state index is 8.66. The van der Waals surface area contributed by atoms with Crippen LogP contribution >= 0.6 is 7.82 Å². The van der Waals surface area contributed by atoms with E-state index in [1.165, 1.54) is 0 Å². The van der Waals surface area contributed by atoms with Crippen molar-refractivity contribution in [3.63, 3.8) is 0 Å². The van der Waals surface area contributed by atoms with E-state index >= 15 is 0 Å². The molecule has 0 heterocycles. The maximum atomic E-state index is 8.66. The summed E-state index contributed by atoms with van der Waals surface area (Å²) in [4.78, 5) is 24.3. The number of rotatable bonds is 0. The Hall–Kier alpha value is 3.40. The normalized spacial score (nSPS) is 6.56. The Morgan fingerprint density at radius 2 is 1.11 bits per heavy atom. The number of hydrogen-bond acceptors (Lipinski definition) is 3. The predicted octanol–water partition coefficient (Wildman–Crippen LogP) is -14.2. The molecule has 0 bridgehead atoms. The molecule has 0 aliphatic rings. The Labute approximate surface area is 126 Å². The van der Waals surface area contributed by atoms with Crippen molar-refractivity contribution >= 4 is 7.82 Å². The molecule has 0 aromatic heterocycles. The second-order valence-electron chi connectivity index (χ2n) is 0.469. The van der Waals surface area contributed by atoms with Gasteiger partial charge in [-0.2, -0.15) is 0 Å². The molecule has 1 N–H and O–H groups in total. The van der Waals surface area contributed by atoms with E-state index in [4.69, 9.17) is 19.2 Å². The second kappa shape index (κ2) is 14.0. The standard InChI is InChI=1S/ClH.3Na.H3O4P/c;;;;1-5(2,3)4/h1H;;;;(H3,1,2,3,4)/q;3*+1;/p-3. The van der Waals surface area contributed by atoms with Crippen LogP contribution < -0.4 is 111 Å². The van der Waals surface area contributed by atoms with Gasteiger partial charge in [0.2, 0.25) is 0 Å². The Morgan fingerprint density at radius 3 is 1.11 bits per heavy atom. The van der Waals surface area contributed by atoms with Gasteiger partial charge in [-0.3, -0.25) is 0 Å². The molecule has 0 aromatic carbocycles. The summed E-state index contributed by atoms with van der Waals surface area (Å²) in [6.07, 6.45) is 0. The number of hydrogen-bond donors (Lipinski definition) is 1. The molecule has 0 atom stereocenters. The van der Waals surface area contributed by atoms with Gasteiger partial charge in [0.1, 0.15) is 0 Å². The summed E-state index contributed by atoms with van der Waals surface area (Å²) < 4.78 is 8.66. The molecule has 9 heavy (non-hydrogen) atoms. The van der Waals surface area contributed by atoms with Gasteiger partial charge in [0.25, 0.3) is 0 Å². The van der Waals surface area contributed by atoms with Gasteiger partial charge in [-0.15, -0.1) is 0 Å². The quantitative estimate of drug-likeness (QED) is 0.311. The van der Waals surface area contributed by atoms with Crippen molar-refractivity contribution in [3.8, 4) is 0 Å². The fourth-order valence-corrected chi connectivity index (χ4v) is 0. The Kier molecular flexibility index (Phi) is 45.6. The van der Waals surface area contributed by atoms with E-state index in [0.29, 0.717) is 0 Å². The summed E-state index contributed by atoms with van der Waals surface area (Å²) in [6, 6.07) is 0. The summed E-state index contributed by atoms with van der Waals surface area (Å²) in [5.74, 6) is 0. The van der Waals surface area contributed by atoms with Crippen LogP contribution in [0.2, 0.25) is 0 Å². The van der Waals surface area contributed by atoms with Crippen LogP contribution in [-0.2, 0) is 4.57 Å². The van der Waals surface area contributed by atoms with Crippen LogP contribution in [0.4, 0.5) is 0 Å². The van der Waals surface area contributed by atoms with E-state index < -0.39 is 7.82 Å². The van der Waals surface area contributed by atoms with Crippen molar-refractivity contribution in [1.29, 1.82) is 0 Å². The monoisotopic (exact) mass is 200 g/mol. The van der Waals surface area contributed by atoms with Crippen LogP contribution in [0.5, 0.6) is 0 Å². The molecule has 0 unspecified atom stereocenters. The molecule has 0 spiro atoms. The molecule has 0 aliphatic heterocycles. The molecule has 40 valence electrons. The molecule has 0 amide bonds. The van der Waals surface area contributed by atoms with Crippen molar-refractivity contribution in [2.45, 2.75) is 0 Å². The van der Waals surface area contributed by atoms with Gasteiger partial charge in [0.15, 0.2) is 0 Å². The summed E-state index contributed by atoms with van der Waals surface area (Å²) in [5.41, 5.74) is 0. The Morgan fingerprint density at radius 1 is 1.11 bits per heavy atom. The largest absolute Gasteiger partial charge is 1.00 e. The van der Waals surface area contributed by atoms with Crippen molar-refractivity contribution < 1.29 is 120 Å². The van der Waals surface area contributed by atoms with E-state index in [9.17, 15) is 0 Å². The first-order valence-corrected chi connectivity index (χ1v) is 2.24. The molecule has 0 aromatic rings. The summed E-state index contributed by atoms with van der Waals surface area (Å²) >= 11 is 0. The van der Waals surface area contributed by atoms with E-state index in [2.05, 4.69) is 0 Å². The van der Waals surface area contributed by atoms with Crippen LogP contribution in [0.3, 0.4) is 0 Å². The average molecular weight is 200 g/mol. The van der Waals surface area contributed by atoms with Gasteiger partial charge < -0.3 is 31.7 Å². The fraction of sp³-hybridized carbons (Fsp3) is 0. The third-order valence-corrected chi connectivity index (χ3v) is 0. The smallest absolute Gasteiger partial charge is 1.00 e. The zero-order valence-corrected chi connectivity index (χ0v) is 13.1. The van der Waals surface area contributed by atoms with E-state index in [0.717, 1.165) is 0 Å². The zero-order chi connectivity index (χ0) is 4.50. The fourth-order valence-electron chi connectivity index (χ4n) is 0. The molecule has 0 radical (unpaired) electrons. The van der Waals surface area contributed by atoms with Crippen molar-refractivity contribution in [3.05, 3.63) is 0 Å². The molecular formula is HClNa3O4P. The average Bonchev–Trinajstić information content (AvgIpc) is 0.722. The second-order valence-corrected chi connectivity index (χ2v) is 1.41. The predicted molar refractivity (Wildman–Crippen MR) is 9.83 cm³/mol. The van der Waals surface area contributed by atoms with Gasteiger partial charge in [0.05, 0.1) is 7.82 Å². The summed E-state index contributed by atoms with van der Waals surface area (Å²) in [7, 11) is -5.14. The van der Waals surface area contributed by atoms with E-state index in [1.807, 2.05) is 0 Å². The van der Waals surface area contributed by atoms with Crippen LogP contribution in [0.15, 0.2) is 0 Å². The van der Waals surface area contributed by atoms with Crippen molar-refractivity contribution in [2.24, 2.45) is 0 Å². The molecule has 4 nitrogen and oxygen atoms in total. The molecule has 9 heteroatoms. The molecule has 0 saturated heterocycles. The van der Waals surface area contributed by atoms with Crippen molar-refractivity contribution in [1.82, 2.24) is 0 Å². The SMILES string of the molecule is O=P([O-])([O-])O.[Cl-].[Na+].[Na+].[Na+]. The van der Waals surface area contributed by atoms with Gasteiger partial charge in [-0.1, -0.05) is 0 Å². The first-order valence-electron chi connectivity index (χ1n) is 0.748. The number of halogens is 1. The number of phosphoric acid groups is 1. The van der Waals surface area contributed by atoms with E-state index in [1.54, 1.807) is 0 Å². The van der Waals surface area contributed by atoms with Crippen molar-refractivity contribution in [2.75, 3.05) is 0 Å². The first kappa shape index (κ1) is 29.4. The van der Waals surface area contributed by atoms with Crippen LogP contribution in [0.25, 0.3) is 0 Å². The van der Waals surface area contributed by atoms with Crippen LogP contribution in [0.1, 0.15) is 0 Å². The molecule has 0 rings (SSSR count). The van der Waals surface area contributed by atoms with Gasteiger partial charge >= 0.3 is 88.7 Å². The third-order valence-electron chi connectivity index (χ3n) is 0. The molecule has 0 saturated carbocycles. The minimum absolute atomic E-state index is 0. The van der Waals surface area contributed by atoms with Crippen LogP contribution in [0, 0.1) is 0 Å². The Bertz CT molecular complexity index is 61.9. The molecule has 0 aliphatic carbocycles. The molecule has 0 fully saturated rings. The topological polar surface area (TPSA) is 83.4 Å².